The lowest BCUT2D eigenvalue weighted by molar-refractivity contribution is -0.135. The summed E-state index contributed by atoms with van der Waals surface area (Å²) < 4.78 is 40.1. The first kappa shape index (κ1) is 23.3. The maximum absolute atomic E-state index is 13.0. The number of carbonyl (C=O) groups is 3. The van der Waals surface area contributed by atoms with Gasteiger partial charge in [-0.3, -0.25) is 14.5 Å². The lowest BCUT2D eigenvalue weighted by atomic mass is 9.92. The van der Waals surface area contributed by atoms with E-state index in [9.17, 15) is 23.2 Å². The van der Waals surface area contributed by atoms with Gasteiger partial charge in [-0.1, -0.05) is 18.2 Å². The molecule has 2 aliphatic rings. The number of carbonyl (C=O) groups excluding carboxylic acids is 3. The molecule has 2 aromatic carbocycles. The number of imide groups is 1. The van der Waals surface area contributed by atoms with Crippen LogP contribution in [0.15, 0.2) is 42.5 Å². The molecule has 4 amide bonds. The van der Waals surface area contributed by atoms with Crippen LogP contribution in [-0.4, -0.2) is 49.1 Å². The summed E-state index contributed by atoms with van der Waals surface area (Å²) in [4.78, 5) is 39.0. The SMILES string of the molecule is C[C@@H](NC(=O)CN1C(=O)N[C@](C)(c2ccc(OC(F)F)cc2)C1=O)c1ccc2c(c1)OCCO2. The molecule has 1 saturated heterocycles. The molecular formula is C23H23F2N3O6. The molecule has 0 unspecified atom stereocenters. The number of rotatable bonds is 7. The number of hydrogen-bond acceptors (Lipinski definition) is 6. The van der Waals surface area contributed by atoms with E-state index >= 15 is 0 Å². The maximum atomic E-state index is 13.0. The van der Waals surface area contributed by atoms with Crippen molar-refractivity contribution < 1.29 is 37.4 Å². The Labute approximate surface area is 194 Å². The van der Waals surface area contributed by atoms with Gasteiger partial charge >= 0.3 is 12.6 Å². The Morgan fingerprint density at radius 2 is 1.82 bits per heavy atom. The van der Waals surface area contributed by atoms with E-state index in [4.69, 9.17) is 9.47 Å². The molecular weight excluding hydrogens is 452 g/mol. The largest absolute Gasteiger partial charge is 0.486 e. The number of benzene rings is 2. The highest BCUT2D eigenvalue weighted by molar-refractivity contribution is 6.09. The van der Waals surface area contributed by atoms with E-state index in [0.717, 1.165) is 10.5 Å². The van der Waals surface area contributed by atoms with Gasteiger partial charge in [0.2, 0.25) is 5.91 Å². The molecule has 0 bridgehead atoms. The summed E-state index contributed by atoms with van der Waals surface area (Å²) in [5.74, 6) is -0.0397. The van der Waals surface area contributed by atoms with Crippen LogP contribution in [0.1, 0.15) is 31.0 Å². The number of ether oxygens (including phenoxy) is 3. The fourth-order valence-electron chi connectivity index (χ4n) is 3.85. The van der Waals surface area contributed by atoms with E-state index in [2.05, 4.69) is 15.4 Å². The molecule has 2 atom stereocenters. The number of nitrogens with one attached hydrogen (secondary N) is 2. The molecule has 4 rings (SSSR count). The molecule has 0 radical (unpaired) electrons. The van der Waals surface area contributed by atoms with E-state index in [0.29, 0.717) is 30.3 Å². The van der Waals surface area contributed by atoms with Crippen molar-refractivity contribution in [3.8, 4) is 17.2 Å². The Bertz CT molecular complexity index is 1110. The molecule has 0 aliphatic carbocycles. The minimum absolute atomic E-state index is 0.0801. The van der Waals surface area contributed by atoms with Gasteiger partial charge in [0.15, 0.2) is 11.5 Å². The van der Waals surface area contributed by atoms with Crippen LogP contribution in [0, 0.1) is 0 Å². The van der Waals surface area contributed by atoms with E-state index in [1.165, 1.54) is 31.2 Å². The average Bonchev–Trinajstić information content (AvgIpc) is 3.02. The normalized spacial score (nSPS) is 20.2. The smallest absolute Gasteiger partial charge is 0.387 e. The zero-order chi connectivity index (χ0) is 24.5. The van der Waals surface area contributed by atoms with E-state index in [1.807, 2.05) is 0 Å². The lowest BCUT2D eigenvalue weighted by Crippen LogP contribution is -2.43. The standard InChI is InChI=1S/C23H23F2N3O6/c1-13(14-3-8-17-18(11-14)33-10-9-32-17)26-19(29)12-28-20(30)23(2,27-22(28)31)15-4-6-16(7-5-15)34-21(24)25/h3-8,11,13,21H,9-10,12H2,1-2H3,(H,26,29)(H,27,31)/t13-,23-/m1/s1. The fraction of sp³-hybridized carbons (Fsp3) is 0.348. The molecule has 9 nitrogen and oxygen atoms in total. The van der Waals surface area contributed by atoms with Crippen molar-refractivity contribution >= 4 is 17.8 Å². The van der Waals surface area contributed by atoms with Gasteiger partial charge in [0, 0.05) is 0 Å². The van der Waals surface area contributed by atoms with Crippen LogP contribution in [0.25, 0.3) is 0 Å². The van der Waals surface area contributed by atoms with Gasteiger partial charge in [0.1, 0.15) is 31.0 Å². The summed E-state index contributed by atoms with van der Waals surface area (Å²) in [6.45, 7) is 0.685. The molecule has 2 aromatic rings. The molecule has 2 N–H and O–H groups in total. The van der Waals surface area contributed by atoms with Crippen molar-refractivity contribution in [2.75, 3.05) is 19.8 Å². The predicted octanol–water partition coefficient (Wildman–Crippen LogP) is 2.70. The van der Waals surface area contributed by atoms with Crippen molar-refractivity contribution in [2.24, 2.45) is 0 Å². The highest BCUT2D eigenvalue weighted by Crippen LogP contribution is 2.33. The summed E-state index contributed by atoms with van der Waals surface area (Å²) in [5, 5.41) is 5.34. The van der Waals surface area contributed by atoms with Crippen LogP contribution in [0.4, 0.5) is 13.6 Å². The maximum Gasteiger partial charge on any atom is 0.387 e. The molecule has 2 aliphatic heterocycles. The molecule has 11 heteroatoms. The molecule has 0 saturated carbocycles. The van der Waals surface area contributed by atoms with E-state index in [-0.39, 0.29) is 5.75 Å². The minimum Gasteiger partial charge on any atom is -0.486 e. The Hall–Kier alpha value is -3.89. The molecule has 2 heterocycles. The van der Waals surface area contributed by atoms with Crippen molar-refractivity contribution in [1.29, 1.82) is 0 Å². The molecule has 180 valence electrons. The number of fused-ring (bicyclic) bond motifs is 1. The quantitative estimate of drug-likeness (QED) is 0.597. The summed E-state index contributed by atoms with van der Waals surface area (Å²) in [6.07, 6.45) is 0. The van der Waals surface area contributed by atoms with Gasteiger partial charge in [-0.2, -0.15) is 8.78 Å². The third-order valence-electron chi connectivity index (χ3n) is 5.68. The van der Waals surface area contributed by atoms with Crippen molar-refractivity contribution in [3.63, 3.8) is 0 Å². The van der Waals surface area contributed by atoms with Gasteiger partial charge in [-0.15, -0.1) is 0 Å². The van der Waals surface area contributed by atoms with Crippen LogP contribution in [-0.2, 0) is 15.1 Å². The van der Waals surface area contributed by atoms with Crippen molar-refractivity contribution in [2.45, 2.75) is 32.0 Å². The van der Waals surface area contributed by atoms with Gasteiger partial charge in [0.05, 0.1) is 6.04 Å². The summed E-state index contributed by atoms with van der Waals surface area (Å²) in [5.41, 5.74) is -0.326. The topological polar surface area (TPSA) is 106 Å². The highest BCUT2D eigenvalue weighted by atomic mass is 19.3. The summed E-state index contributed by atoms with van der Waals surface area (Å²) in [6, 6.07) is 9.53. The fourth-order valence-corrected chi connectivity index (χ4v) is 3.85. The number of halogens is 2. The monoisotopic (exact) mass is 475 g/mol. The summed E-state index contributed by atoms with van der Waals surface area (Å²) >= 11 is 0. The van der Waals surface area contributed by atoms with Crippen LogP contribution >= 0.6 is 0 Å². The number of nitrogens with zero attached hydrogens (tertiary/aromatic N) is 1. The molecule has 1 fully saturated rings. The number of urea groups is 1. The number of alkyl halides is 2. The minimum atomic E-state index is -2.98. The third kappa shape index (κ3) is 4.59. The van der Waals surface area contributed by atoms with E-state index < -0.39 is 42.6 Å². The van der Waals surface area contributed by atoms with Gasteiger partial charge in [-0.05, 0) is 49.2 Å². The third-order valence-corrected chi connectivity index (χ3v) is 5.68. The predicted molar refractivity (Wildman–Crippen MR) is 115 cm³/mol. The lowest BCUT2D eigenvalue weighted by Gasteiger charge is -2.23. The molecule has 34 heavy (non-hydrogen) atoms. The Morgan fingerprint density at radius 3 is 2.50 bits per heavy atom. The molecule has 0 spiro atoms. The Kier molecular flexibility index (Phi) is 6.27. The number of hydrogen-bond donors (Lipinski definition) is 2. The second kappa shape index (κ2) is 9.16. The number of amides is 4. The Balaban J connectivity index is 1.41. The zero-order valence-electron chi connectivity index (χ0n) is 18.5. The first-order valence-electron chi connectivity index (χ1n) is 10.6. The van der Waals surface area contributed by atoms with Crippen LogP contribution in [0.2, 0.25) is 0 Å². The van der Waals surface area contributed by atoms with Crippen molar-refractivity contribution in [1.82, 2.24) is 15.5 Å². The molecule has 0 aromatic heterocycles. The van der Waals surface area contributed by atoms with Crippen molar-refractivity contribution in [3.05, 3.63) is 53.6 Å². The zero-order valence-corrected chi connectivity index (χ0v) is 18.5. The first-order valence-corrected chi connectivity index (χ1v) is 10.6. The van der Waals surface area contributed by atoms with Gasteiger partial charge in [0.25, 0.3) is 5.91 Å². The van der Waals surface area contributed by atoms with Crippen LogP contribution < -0.4 is 24.8 Å². The summed E-state index contributed by atoms with van der Waals surface area (Å²) in [7, 11) is 0. The average molecular weight is 475 g/mol. The second-order valence-electron chi connectivity index (χ2n) is 8.04. The second-order valence-corrected chi connectivity index (χ2v) is 8.04. The van der Waals surface area contributed by atoms with Gasteiger partial charge in [-0.25, -0.2) is 4.79 Å². The Morgan fingerprint density at radius 1 is 1.15 bits per heavy atom. The highest BCUT2D eigenvalue weighted by Gasteiger charge is 2.49. The van der Waals surface area contributed by atoms with Crippen LogP contribution in [0.3, 0.4) is 0 Å². The van der Waals surface area contributed by atoms with Crippen LogP contribution in [0.5, 0.6) is 17.2 Å². The van der Waals surface area contributed by atoms with Gasteiger partial charge < -0.3 is 24.8 Å². The first-order chi connectivity index (χ1) is 16.2. The van der Waals surface area contributed by atoms with E-state index in [1.54, 1.807) is 25.1 Å².